The van der Waals surface area contributed by atoms with E-state index in [0.29, 0.717) is 11.6 Å². The van der Waals surface area contributed by atoms with Crippen LogP contribution in [0.25, 0.3) is 11.0 Å². The SMILES string of the molecule is Oc1cccc2c1nc(Br)n2C1CC1. The van der Waals surface area contributed by atoms with Gasteiger partial charge in [0.05, 0.1) is 5.52 Å². The zero-order chi connectivity index (χ0) is 9.71. The molecule has 0 saturated heterocycles. The van der Waals surface area contributed by atoms with Crippen LogP contribution < -0.4 is 0 Å². The van der Waals surface area contributed by atoms with Gasteiger partial charge in [-0.3, -0.25) is 0 Å². The maximum atomic E-state index is 9.61. The summed E-state index contributed by atoms with van der Waals surface area (Å²) in [4.78, 5) is 4.30. The number of imidazole rings is 1. The van der Waals surface area contributed by atoms with Crippen molar-refractivity contribution in [2.75, 3.05) is 0 Å². The molecule has 14 heavy (non-hydrogen) atoms. The Bertz CT molecular complexity index is 502. The first-order valence-corrected chi connectivity index (χ1v) is 5.42. The van der Waals surface area contributed by atoms with Gasteiger partial charge in [0.15, 0.2) is 4.73 Å². The number of phenols is 1. The van der Waals surface area contributed by atoms with E-state index >= 15 is 0 Å². The second-order valence-corrected chi connectivity index (χ2v) is 4.34. The Morgan fingerprint density at radius 1 is 1.43 bits per heavy atom. The monoisotopic (exact) mass is 252 g/mol. The van der Waals surface area contributed by atoms with Crippen molar-refractivity contribution in [1.29, 1.82) is 0 Å². The minimum atomic E-state index is 0.252. The third kappa shape index (κ3) is 1.07. The lowest BCUT2D eigenvalue weighted by Gasteiger charge is -2.02. The molecule has 1 aromatic heterocycles. The van der Waals surface area contributed by atoms with Crippen LogP contribution in [-0.4, -0.2) is 14.7 Å². The molecule has 4 heteroatoms. The van der Waals surface area contributed by atoms with Crippen LogP contribution in [0.3, 0.4) is 0 Å². The van der Waals surface area contributed by atoms with Crippen LogP contribution in [-0.2, 0) is 0 Å². The van der Waals surface area contributed by atoms with Gasteiger partial charge in [-0.2, -0.15) is 0 Å². The van der Waals surface area contributed by atoms with Crippen molar-refractivity contribution in [2.24, 2.45) is 0 Å². The summed E-state index contributed by atoms with van der Waals surface area (Å²) < 4.78 is 2.96. The van der Waals surface area contributed by atoms with E-state index in [1.807, 2.05) is 12.1 Å². The summed E-state index contributed by atoms with van der Waals surface area (Å²) in [6, 6.07) is 6.07. The van der Waals surface area contributed by atoms with Crippen molar-refractivity contribution < 1.29 is 5.11 Å². The van der Waals surface area contributed by atoms with E-state index in [4.69, 9.17) is 0 Å². The highest BCUT2D eigenvalue weighted by Crippen LogP contribution is 2.41. The summed E-state index contributed by atoms with van der Waals surface area (Å²) in [6.45, 7) is 0. The fourth-order valence-corrected chi connectivity index (χ4v) is 2.41. The lowest BCUT2D eigenvalue weighted by molar-refractivity contribution is 0.480. The molecule has 1 fully saturated rings. The first-order valence-electron chi connectivity index (χ1n) is 4.63. The van der Waals surface area contributed by atoms with E-state index in [0.717, 1.165) is 10.3 Å². The van der Waals surface area contributed by atoms with Crippen LogP contribution >= 0.6 is 15.9 Å². The summed E-state index contributed by atoms with van der Waals surface area (Å²) in [6.07, 6.45) is 2.42. The second-order valence-electron chi connectivity index (χ2n) is 3.63. The number of fused-ring (bicyclic) bond motifs is 1. The predicted octanol–water partition coefficient (Wildman–Crippen LogP) is 2.84. The molecule has 0 spiro atoms. The molecule has 0 unspecified atom stereocenters. The van der Waals surface area contributed by atoms with Gasteiger partial charge in [0, 0.05) is 6.04 Å². The third-order valence-corrected chi connectivity index (χ3v) is 3.13. The van der Waals surface area contributed by atoms with Crippen molar-refractivity contribution in [2.45, 2.75) is 18.9 Å². The highest BCUT2D eigenvalue weighted by molar-refractivity contribution is 9.10. The van der Waals surface area contributed by atoms with Crippen LogP contribution in [0.15, 0.2) is 22.9 Å². The van der Waals surface area contributed by atoms with Gasteiger partial charge >= 0.3 is 0 Å². The maximum Gasteiger partial charge on any atom is 0.178 e. The van der Waals surface area contributed by atoms with Gasteiger partial charge in [-0.05, 0) is 40.9 Å². The molecule has 0 aliphatic heterocycles. The number of aromatic nitrogens is 2. The molecule has 3 rings (SSSR count). The minimum absolute atomic E-state index is 0.252. The highest BCUT2D eigenvalue weighted by Gasteiger charge is 2.27. The second kappa shape index (κ2) is 2.73. The van der Waals surface area contributed by atoms with Crippen molar-refractivity contribution in [1.82, 2.24) is 9.55 Å². The lowest BCUT2D eigenvalue weighted by Crippen LogP contribution is -1.92. The predicted molar refractivity (Wildman–Crippen MR) is 57.4 cm³/mol. The first-order chi connectivity index (χ1) is 6.77. The third-order valence-electron chi connectivity index (χ3n) is 2.57. The number of rotatable bonds is 1. The molecule has 1 aliphatic rings. The topological polar surface area (TPSA) is 38.1 Å². The van der Waals surface area contributed by atoms with E-state index in [1.54, 1.807) is 6.07 Å². The van der Waals surface area contributed by atoms with Crippen LogP contribution in [0.5, 0.6) is 5.75 Å². The normalized spacial score (nSPS) is 16.4. The molecule has 3 nitrogen and oxygen atoms in total. The summed E-state index contributed by atoms with van der Waals surface area (Å²) in [5.41, 5.74) is 1.70. The number of halogens is 1. The van der Waals surface area contributed by atoms with Gasteiger partial charge in [-0.15, -0.1) is 0 Å². The van der Waals surface area contributed by atoms with Crippen LogP contribution in [0.2, 0.25) is 0 Å². The van der Waals surface area contributed by atoms with Crippen molar-refractivity contribution >= 4 is 27.0 Å². The summed E-state index contributed by atoms with van der Waals surface area (Å²) >= 11 is 3.43. The lowest BCUT2D eigenvalue weighted by atomic mass is 10.3. The molecule has 0 atom stereocenters. The number of benzene rings is 1. The molecule has 1 N–H and O–H groups in total. The Kier molecular flexibility index (Phi) is 1.62. The smallest absolute Gasteiger partial charge is 0.178 e. The zero-order valence-electron chi connectivity index (χ0n) is 7.44. The molecule has 2 aromatic rings. The van der Waals surface area contributed by atoms with Crippen molar-refractivity contribution in [3.63, 3.8) is 0 Å². The fraction of sp³-hybridized carbons (Fsp3) is 0.300. The number of hydrogen-bond donors (Lipinski definition) is 1. The molecule has 72 valence electrons. The van der Waals surface area contributed by atoms with Gasteiger partial charge in [0.25, 0.3) is 0 Å². The first kappa shape index (κ1) is 8.29. The molecular weight excluding hydrogens is 244 g/mol. The number of hydrogen-bond acceptors (Lipinski definition) is 2. The number of aromatic hydroxyl groups is 1. The van der Waals surface area contributed by atoms with E-state index in [2.05, 4.69) is 25.5 Å². The quantitative estimate of drug-likeness (QED) is 0.848. The molecule has 1 saturated carbocycles. The van der Waals surface area contributed by atoms with E-state index in [-0.39, 0.29) is 5.75 Å². The van der Waals surface area contributed by atoms with Crippen LogP contribution in [0, 0.1) is 0 Å². The van der Waals surface area contributed by atoms with Gasteiger partial charge in [-0.1, -0.05) is 6.07 Å². The van der Waals surface area contributed by atoms with Crippen molar-refractivity contribution in [3.8, 4) is 5.75 Å². The van der Waals surface area contributed by atoms with Crippen molar-refractivity contribution in [3.05, 3.63) is 22.9 Å². The van der Waals surface area contributed by atoms with Crippen LogP contribution in [0.1, 0.15) is 18.9 Å². The van der Waals surface area contributed by atoms with Crippen LogP contribution in [0.4, 0.5) is 0 Å². The van der Waals surface area contributed by atoms with Gasteiger partial charge in [-0.25, -0.2) is 4.98 Å². The molecule has 1 aromatic carbocycles. The molecule has 0 bridgehead atoms. The molecule has 1 aliphatic carbocycles. The molecule has 0 radical (unpaired) electrons. The fourth-order valence-electron chi connectivity index (χ4n) is 1.75. The average Bonchev–Trinajstić information content (AvgIpc) is 2.91. The highest BCUT2D eigenvalue weighted by atomic mass is 79.9. The summed E-state index contributed by atoms with van der Waals surface area (Å²) in [5, 5.41) is 9.61. The number of phenolic OH excluding ortho intramolecular Hbond substituents is 1. The summed E-state index contributed by atoms with van der Waals surface area (Å²) in [7, 11) is 0. The molecule has 0 amide bonds. The maximum absolute atomic E-state index is 9.61. The zero-order valence-corrected chi connectivity index (χ0v) is 9.03. The van der Waals surface area contributed by atoms with Gasteiger partial charge in [0.1, 0.15) is 11.3 Å². The standard InChI is InChI=1S/C10H9BrN2O/c11-10-12-9-7(2-1-3-8(9)14)13(10)6-4-5-6/h1-3,6,14H,4-5H2. The largest absolute Gasteiger partial charge is 0.506 e. The number of nitrogens with zero attached hydrogens (tertiary/aromatic N) is 2. The van der Waals surface area contributed by atoms with E-state index < -0.39 is 0 Å². The number of para-hydroxylation sites is 1. The Labute approximate surface area is 89.5 Å². The Morgan fingerprint density at radius 2 is 2.21 bits per heavy atom. The molecular formula is C10H9BrN2O. The Morgan fingerprint density at radius 3 is 2.93 bits per heavy atom. The average molecular weight is 253 g/mol. The molecule has 1 heterocycles. The Balaban J connectivity index is 2.37. The van der Waals surface area contributed by atoms with Gasteiger partial charge in [0.2, 0.25) is 0 Å². The Hall–Kier alpha value is -1.03. The minimum Gasteiger partial charge on any atom is -0.506 e. The van der Waals surface area contributed by atoms with E-state index in [1.165, 1.54) is 12.8 Å². The summed E-state index contributed by atoms with van der Waals surface area (Å²) in [5.74, 6) is 0.252. The van der Waals surface area contributed by atoms with E-state index in [9.17, 15) is 5.11 Å². The van der Waals surface area contributed by atoms with Gasteiger partial charge < -0.3 is 9.67 Å².